The van der Waals surface area contributed by atoms with E-state index in [0.717, 1.165) is 6.07 Å². The molecule has 6 heteroatoms. The number of hydrogen-bond acceptors (Lipinski definition) is 3. The summed E-state index contributed by atoms with van der Waals surface area (Å²) in [5.74, 6) is 0. The van der Waals surface area contributed by atoms with E-state index in [9.17, 15) is 13.2 Å². The molecule has 0 amide bonds. The summed E-state index contributed by atoms with van der Waals surface area (Å²) in [7, 11) is 0. The standard InChI is InChI=1S/C12H14F3NO2/c13-12(14,15)10-7-9(8-17)1-2-11(10)16-3-5-18-6-4-16/h1-2,7,17H,3-6,8H2. The van der Waals surface area contributed by atoms with Crippen LogP contribution in [0.4, 0.5) is 18.9 Å². The van der Waals surface area contributed by atoms with Crippen LogP contribution in [-0.2, 0) is 17.5 Å². The Hall–Kier alpha value is -1.27. The molecule has 1 fully saturated rings. The molecule has 0 spiro atoms. The van der Waals surface area contributed by atoms with E-state index in [4.69, 9.17) is 9.84 Å². The van der Waals surface area contributed by atoms with Crippen molar-refractivity contribution in [2.24, 2.45) is 0 Å². The SMILES string of the molecule is OCc1ccc(N2CCOCC2)c(C(F)(F)F)c1. The monoisotopic (exact) mass is 261 g/mol. The lowest BCUT2D eigenvalue weighted by atomic mass is 10.1. The number of aliphatic hydroxyl groups excluding tert-OH is 1. The van der Waals surface area contributed by atoms with Crippen LogP contribution >= 0.6 is 0 Å². The third-order valence-corrected chi connectivity index (χ3v) is 2.90. The van der Waals surface area contributed by atoms with Crippen molar-refractivity contribution in [2.75, 3.05) is 31.2 Å². The second-order valence-electron chi connectivity index (χ2n) is 4.11. The maximum atomic E-state index is 13.0. The van der Waals surface area contributed by atoms with Crippen molar-refractivity contribution < 1.29 is 23.0 Å². The third kappa shape index (κ3) is 2.76. The zero-order chi connectivity index (χ0) is 13.2. The molecular formula is C12H14F3NO2. The number of aliphatic hydroxyl groups is 1. The van der Waals surface area contributed by atoms with Crippen LogP contribution in [0.15, 0.2) is 18.2 Å². The second-order valence-corrected chi connectivity index (χ2v) is 4.11. The van der Waals surface area contributed by atoms with Gasteiger partial charge in [-0.15, -0.1) is 0 Å². The number of rotatable bonds is 2. The largest absolute Gasteiger partial charge is 0.418 e. The Labute approximate surface area is 103 Å². The molecule has 1 aromatic carbocycles. The summed E-state index contributed by atoms with van der Waals surface area (Å²) >= 11 is 0. The predicted molar refractivity (Wildman–Crippen MR) is 60.4 cm³/mol. The van der Waals surface area contributed by atoms with Crippen LogP contribution in [0.1, 0.15) is 11.1 Å². The van der Waals surface area contributed by atoms with Gasteiger partial charge in [0, 0.05) is 18.8 Å². The van der Waals surface area contributed by atoms with Crippen LogP contribution in [0.2, 0.25) is 0 Å². The first-order chi connectivity index (χ1) is 8.52. The minimum absolute atomic E-state index is 0.156. The minimum Gasteiger partial charge on any atom is -0.392 e. The van der Waals surface area contributed by atoms with Crippen molar-refractivity contribution in [3.8, 4) is 0 Å². The minimum atomic E-state index is -4.42. The smallest absolute Gasteiger partial charge is 0.392 e. The fourth-order valence-electron chi connectivity index (χ4n) is 1.99. The Morgan fingerprint density at radius 3 is 2.44 bits per heavy atom. The summed E-state index contributed by atoms with van der Waals surface area (Å²) in [5.41, 5.74) is -0.279. The lowest BCUT2D eigenvalue weighted by Crippen LogP contribution is -2.37. The quantitative estimate of drug-likeness (QED) is 0.884. The van der Waals surface area contributed by atoms with Gasteiger partial charge in [-0.1, -0.05) is 6.07 Å². The lowest BCUT2D eigenvalue weighted by molar-refractivity contribution is -0.137. The van der Waals surface area contributed by atoms with Crippen LogP contribution < -0.4 is 4.90 Å². The number of alkyl halides is 3. The highest BCUT2D eigenvalue weighted by Gasteiger charge is 2.35. The Kier molecular flexibility index (Phi) is 3.77. The van der Waals surface area contributed by atoms with Crippen LogP contribution in [0.5, 0.6) is 0 Å². The molecule has 0 unspecified atom stereocenters. The van der Waals surface area contributed by atoms with E-state index >= 15 is 0 Å². The zero-order valence-corrected chi connectivity index (χ0v) is 9.70. The van der Waals surface area contributed by atoms with Gasteiger partial charge in [0.1, 0.15) is 0 Å². The molecule has 1 N–H and O–H groups in total. The normalized spacial score (nSPS) is 17.0. The van der Waals surface area contributed by atoms with Crippen molar-refractivity contribution in [3.63, 3.8) is 0 Å². The van der Waals surface area contributed by atoms with Gasteiger partial charge in [0.25, 0.3) is 0 Å². The highest BCUT2D eigenvalue weighted by Crippen LogP contribution is 2.37. The Morgan fingerprint density at radius 1 is 1.22 bits per heavy atom. The van der Waals surface area contributed by atoms with E-state index in [2.05, 4.69) is 0 Å². The molecule has 18 heavy (non-hydrogen) atoms. The number of hydrogen-bond donors (Lipinski definition) is 1. The molecule has 0 atom stereocenters. The van der Waals surface area contributed by atoms with Gasteiger partial charge < -0.3 is 14.7 Å². The zero-order valence-electron chi connectivity index (χ0n) is 9.70. The molecule has 1 aliphatic heterocycles. The molecule has 100 valence electrons. The van der Waals surface area contributed by atoms with Gasteiger partial charge in [0.2, 0.25) is 0 Å². The molecular weight excluding hydrogens is 247 g/mol. The average molecular weight is 261 g/mol. The maximum Gasteiger partial charge on any atom is 0.418 e. The molecule has 3 nitrogen and oxygen atoms in total. The van der Waals surface area contributed by atoms with Crippen molar-refractivity contribution in [1.29, 1.82) is 0 Å². The molecule has 0 aliphatic carbocycles. The number of morpholine rings is 1. The molecule has 0 bridgehead atoms. The second kappa shape index (κ2) is 5.16. The van der Waals surface area contributed by atoms with E-state index in [1.54, 1.807) is 4.90 Å². The first-order valence-corrected chi connectivity index (χ1v) is 5.66. The molecule has 1 aromatic rings. The predicted octanol–water partition coefficient (Wildman–Crippen LogP) is 2.03. The van der Waals surface area contributed by atoms with Gasteiger partial charge in [-0.2, -0.15) is 13.2 Å². The number of benzene rings is 1. The summed E-state index contributed by atoms with van der Waals surface area (Å²) in [4.78, 5) is 1.66. The summed E-state index contributed by atoms with van der Waals surface area (Å²) in [6, 6.07) is 3.94. The van der Waals surface area contributed by atoms with Crippen molar-refractivity contribution in [2.45, 2.75) is 12.8 Å². The number of anilines is 1. The number of halogens is 3. The van der Waals surface area contributed by atoms with Gasteiger partial charge >= 0.3 is 6.18 Å². The van der Waals surface area contributed by atoms with E-state index in [-0.39, 0.29) is 11.3 Å². The van der Waals surface area contributed by atoms with Crippen molar-refractivity contribution >= 4 is 5.69 Å². The molecule has 0 saturated carbocycles. The molecule has 0 radical (unpaired) electrons. The van der Waals surface area contributed by atoms with Gasteiger partial charge in [-0.3, -0.25) is 0 Å². The Balaban J connectivity index is 2.38. The summed E-state index contributed by atoms with van der Waals surface area (Å²) in [6.45, 7) is 1.35. The molecule has 2 rings (SSSR count). The summed E-state index contributed by atoms with van der Waals surface area (Å²) in [6.07, 6.45) is -4.42. The van der Waals surface area contributed by atoms with E-state index in [0.29, 0.717) is 26.3 Å². The van der Waals surface area contributed by atoms with Gasteiger partial charge in [-0.25, -0.2) is 0 Å². The van der Waals surface area contributed by atoms with Gasteiger partial charge in [0.15, 0.2) is 0 Å². The highest BCUT2D eigenvalue weighted by atomic mass is 19.4. The first kappa shape index (κ1) is 13.2. The average Bonchev–Trinajstić information content (AvgIpc) is 2.38. The fourth-order valence-corrected chi connectivity index (χ4v) is 1.99. The van der Waals surface area contributed by atoms with E-state index < -0.39 is 18.3 Å². The molecule has 1 heterocycles. The van der Waals surface area contributed by atoms with Crippen LogP contribution in [0, 0.1) is 0 Å². The van der Waals surface area contributed by atoms with Crippen LogP contribution in [-0.4, -0.2) is 31.4 Å². The van der Waals surface area contributed by atoms with Crippen molar-refractivity contribution in [1.82, 2.24) is 0 Å². The molecule has 0 aromatic heterocycles. The number of ether oxygens (including phenoxy) is 1. The fraction of sp³-hybridized carbons (Fsp3) is 0.500. The Morgan fingerprint density at radius 2 is 1.89 bits per heavy atom. The van der Waals surface area contributed by atoms with Crippen molar-refractivity contribution in [3.05, 3.63) is 29.3 Å². The topological polar surface area (TPSA) is 32.7 Å². The van der Waals surface area contributed by atoms with Crippen LogP contribution in [0.3, 0.4) is 0 Å². The van der Waals surface area contributed by atoms with Gasteiger partial charge in [0.05, 0.1) is 25.4 Å². The highest BCUT2D eigenvalue weighted by molar-refractivity contribution is 5.56. The Bertz CT molecular complexity index is 414. The van der Waals surface area contributed by atoms with Crippen LogP contribution in [0.25, 0.3) is 0 Å². The number of nitrogens with zero attached hydrogens (tertiary/aromatic N) is 1. The molecule has 1 saturated heterocycles. The lowest BCUT2D eigenvalue weighted by Gasteiger charge is -2.31. The summed E-state index contributed by atoms with van der Waals surface area (Å²) in [5, 5.41) is 8.93. The molecule has 1 aliphatic rings. The maximum absolute atomic E-state index is 13.0. The van der Waals surface area contributed by atoms with Gasteiger partial charge in [-0.05, 0) is 17.7 Å². The third-order valence-electron chi connectivity index (χ3n) is 2.90. The summed E-state index contributed by atoms with van der Waals surface area (Å²) < 4.78 is 44.1. The first-order valence-electron chi connectivity index (χ1n) is 5.66. The van der Waals surface area contributed by atoms with E-state index in [1.165, 1.54) is 12.1 Å². The van der Waals surface area contributed by atoms with E-state index in [1.807, 2.05) is 0 Å².